The second-order valence-corrected chi connectivity index (χ2v) is 7.18. The van der Waals surface area contributed by atoms with E-state index in [1.807, 2.05) is 24.4 Å². The van der Waals surface area contributed by atoms with Gasteiger partial charge in [0.2, 0.25) is 0 Å². The number of hydrogen-bond donors (Lipinski definition) is 2. The molecule has 0 aliphatic carbocycles. The Kier molecular flexibility index (Phi) is 5.92. The van der Waals surface area contributed by atoms with Gasteiger partial charge in [0.25, 0.3) is 11.8 Å². The molecule has 9 heteroatoms. The summed E-state index contributed by atoms with van der Waals surface area (Å²) in [5.74, 6) is -2.12. The van der Waals surface area contributed by atoms with Gasteiger partial charge in [-0.05, 0) is 42.5 Å². The second-order valence-electron chi connectivity index (χ2n) is 5.21. The highest BCUT2D eigenvalue weighted by Crippen LogP contribution is 2.33. The number of nitrogens with one attached hydrogen (secondary N) is 1. The molecule has 2 aromatic heterocycles. The molecule has 0 saturated carbocycles. The summed E-state index contributed by atoms with van der Waals surface area (Å²) in [5.41, 5.74) is 6.48. The Hall–Kier alpha value is -2.96. The fourth-order valence-corrected chi connectivity index (χ4v) is 4.07. The van der Waals surface area contributed by atoms with Crippen LogP contribution in [0.3, 0.4) is 0 Å². The van der Waals surface area contributed by atoms with Gasteiger partial charge in [0.05, 0.1) is 17.6 Å². The fourth-order valence-electron chi connectivity index (χ4n) is 2.17. The van der Waals surface area contributed by atoms with E-state index in [2.05, 4.69) is 5.32 Å². The zero-order valence-corrected chi connectivity index (χ0v) is 15.8. The summed E-state index contributed by atoms with van der Waals surface area (Å²) >= 11 is 2.26. The number of ether oxygens (including phenoxy) is 1. The van der Waals surface area contributed by atoms with E-state index in [-0.39, 0.29) is 21.0 Å². The summed E-state index contributed by atoms with van der Waals surface area (Å²) in [6, 6.07) is 3.72. The number of aryl methyl sites for hydroxylation is 1. The SMILES string of the molecule is COC(=O)c1c(NC(=O)/C(C#N)=C/c2sccc2C)sc(C(N)=O)c1C. The Labute approximate surface area is 157 Å². The Morgan fingerprint density at radius 2 is 2.04 bits per heavy atom. The van der Waals surface area contributed by atoms with Gasteiger partial charge in [0.1, 0.15) is 16.6 Å². The quantitative estimate of drug-likeness (QED) is 0.462. The number of nitrogens with zero attached hydrogens (tertiary/aromatic N) is 1. The van der Waals surface area contributed by atoms with Gasteiger partial charge in [-0.1, -0.05) is 0 Å². The minimum atomic E-state index is -0.719. The third-order valence-electron chi connectivity index (χ3n) is 3.53. The number of hydrogen-bond acceptors (Lipinski definition) is 7. The number of methoxy groups -OCH3 is 1. The zero-order valence-electron chi connectivity index (χ0n) is 14.2. The first-order valence-electron chi connectivity index (χ1n) is 7.28. The van der Waals surface area contributed by atoms with E-state index in [0.717, 1.165) is 21.8 Å². The van der Waals surface area contributed by atoms with Crippen LogP contribution in [0.5, 0.6) is 0 Å². The molecule has 134 valence electrons. The van der Waals surface area contributed by atoms with Gasteiger partial charge in [-0.2, -0.15) is 5.26 Å². The maximum Gasteiger partial charge on any atom is 0.341 e. The van der Waals surface area contributed by atoms with E-state index < -0.39 is 17.8 Å². The van der Waals surface area contributed by atoms with E-state index >= 15 is 0 Å². The monoisotopic (exact) mass is 389 g/mol. The Balaban J connectivity index is 2.42. The maximum atomic E-state index is 12.5. The first-order valence-corrected chi connectivity index (χ1v) is 8.98. The van der Waals surface area contributed by atoms with Gasteiger partial charge in [0, 0.05) is 4.88 Å². The summed E-state index contributed by atoms with van der Waals surface area (Å²) in [4.78, 5) is 36.9. The third kappa shape index (κ3) is 3.82. The summed E-state index contributed by atoms with van der Waals surface area (Å²) in [6.07, 6.45) is 1.47. The summed E-state index contributed by atoms with van der Waals surface area (Å²) in [6.45, 7) is 3.40. The summed E-state index contributed by atoms with van der Waals surface area (Å²) in [5, 5.41) is 13.8. The number of thiophene rings is 2. The van der Waals surface area contributed by atoms with E-state index in [0.29, 0.717) is 5.56 Å². The molecule has 0 aliphatic rings. The molecule has 0 aliphatic heterocycles. The number of amides is 2. The molecule has 7 nitrogen and oxygen atoms in total. The first kappa shape index (κ1) is 19.4. The topological polar surface area (TPSA) is 122 Å². The number of carbonyl (C=O) groups excluding carboxylic acids is 3. The maximum absolute atomic E-state index is 12.5. The second kappa shape index (κ2) is 7.95. The first-order chi connectivity index (χ1) is 12.3. The Morgan fingerprint density at radius 3 is 2.54 bits per heavy atom. The number of rotatable bonds is 5. The van der Waals surface area contributed by atoms with Crippen LogP contribution in [-0.4, -0.2) is 24.9 Å². The number of carbonyl (C=O) groups is 3. The van der Waals surface area contributed by atoms with Gasteiger partial charge >= 0.3 is 5.97 Å². The van der Waals surface area contributed by atoms with Crippen LogP contribution in [0.25, 0.3) is 6.08 Å². The van der Waals surface area contributed by atoms with Crippen molar-refractivity contribution in [3.05, 3.63) is 43.5 Å². The highest BCUT2D eigenvalue weighted by molar-refractivity contribution is 7.18. The van der Waals surface area contributed by atoms with Crippen molar-refractivity contribution >= 4 is 51.5 Å². The molecule has 3 N–H and O–H groups in total. The van der Waals surface area contributed by atoms with Gasteiger partial charge < -0.3 is 15.8 Å². The van der Waals surface area contributed by atoms with E-state index in [1.165, 1.54) is 31.4 Å². The van der Waals surface area contributed by atoms with Crippen LogP contribution in [-0.2, 0) is 9.53 Å². The molecule has 0 spiro atoms. The molecule has 0 unspecified atom stereocenters. The minimum absolute atomic E-state index is 0.0456. The lowest BCUT2D eigenvalue weighted by Crippen LogP contribution is -2.15. The predicted octanol–water partition coefficient (Wildman–Crippen LogP) is 2.86. The van der Waals surface area contributed by atoms with Crippen LogP contribution in [0.2, 0.25) is 0 Å². The molecule has 0 fully saturated rings. The standard InChI is InChI=1S/C17H15N3O4S2/c1-8-4-5-25-11(8)6-10(7-18)15(22)20-16-12(17(23)24-3)9(2)13(26-16)14(19)21/h4-6H,1-3H3,(H2,19,21)(H,20,22)/b10-6+. The molecule has 0 bridgehead atoms. The molecule has 0 radical (unpaired) electrons. The van der Waals surface area contributed by atoms with Crippen LogP contribution >= 0.6 is 22.7 Å². The summed E-state index contributed by atoms with van der Waals surface area (Å²) < 4.78 is 4.71. The van der Waals surface area contributed by atoms with Crippen molar-refractivity contribution in [2.75, 3.05) is 12.4 Å². The van der Waals surface area contributed by atoms with E-state index in [1.54, 1.807) is 0 Å². The molecular formula is C17H15N3O4S2. The van der Waals surface area contributed by atoms with Gasteiger partial charge in [-0.25, -0.2) is 4.79 Å². The lowest BCUT2D eigenvalue weighted by atomic mass is 10.1. The molecule has 2 amide bonds. The van der Waals surface area contributed by atoms with Gasteiger partial charge in [-0.3, -0.25) is 9.59 Å². The third-order valence-corrected chi connectivity index (χ3v) is 5.72. The molecule has 2 aromatic rings. The van der Waals surface area contributed by atoms with Gasteiger partial charge in [0.15, 0.2) is 0 Å². The van der Waals surface area contributed by atoms with Crippen LogP contribution in [0.1, 0.15) is 36.0 Å². The van der Waals surface area contributed by atoms with Crippen molar-refractivity contribution in [1.29, 1.82) is 5.26 Å². The Bertz CT molecular complexity index is 963. The normalized spacial score (nSPS) is 10.9. The van der Waals surface area contributed by atoms with Crippen LogP contribution in [0, 0.1) is 25.2 Å². The number of nitriles is 1. The highest BCUT2D eigenvalue weighted by Gasteiger charge is 2.26. The average Bonchev–Trinajstić information content (AvgIpc) is 3.15. The van der Waals surface area contributed by atoms with E-state index in [9.17, 15) is 19.6 Å². The molecule has 0 atom stereocenters. The molecule has 26 heavy (non-hydrogen) atoms. The average molecular weight is 389 g/mol. The van der Waals surface area contributed by atoms with Crippen molar-refractivity contribution in [3.63, 3.8) is 0 Å². The summed E-state index contributed by atoms with van der Waals surface area (Å²) in [7, 11) is 1.19. The highest BCUT2D eigenvalue weighted by atomic mass is 32.1. The molecule has 2 heterocycles. The number of esters is 1. The molecule has 0 aromatic carbocycles. The predicted molar refractivity (Wildman–Crippen MR) is 100 cm³/mol. The smallest absolute Gasteiger partial charge is 0.341 e. The van der Waals surface area contributed by atoms with Crippen LogP contribution in [0.4, 0.5) is 5.00 Å². The van der Waals surface area contributed by atoms with Crippen LogP contribution in [0.15, 0.2) is 17.0 Å². The van der Waals surface area contributed by atoms with Crippen molar-refractivity contribution in [3.8, 4) is 6.07 Å². The van der Waals surface area contributed by atoms with Crippen LogP contribution < -0.4 is 11.1 Å². The van der Waals surface area contributed by atoms with Crippen molar-refractivity contribution in [2.45, 2.75) is 13.8 Å². The van der Waals surface area contributed by atoms with Crippen molar-refractivity contribution < 1.29 is 19.1 Å². The zero-order chi connectivity index (χ0) is 19.4. The molecule has 0 saturated heterocycles. The van der Waals surface area contributed by atoms with Crippen molar-refractivity contribution in [2.24, 2.45) is 5.73 Å². The lowest BCUT2D eigenvalue weighted by molar-refractivity contribution is -0.112. The molecular weight excluding hydrogens is 374 g/mol. The van der Waals surface area contributed by atoms with Crippen molar-refractivity contribution in [1.82, 2.24) is 0 Å². The number of nitrogens with two attached hydrogens (primary N) is 1. The van der Waals surface area contributed by atoms with E-state index in [4.69, 9.17) is 10.5 Å². The number of primary amides is 1. The minimum Gasteiger partial charge on any atom is -0.465 e. The van der Waals surface area contributed by atoms with Gasteiger partial charge in [-0.15, -0.1) is 22.7 Å². The number of anilines is 1. The Morgan fingerprint density at radius 1 is 1.35 bits per heavy atom. The fraction of sp³-hybridized carbons (Fsp3) is 0.176. The lowest BCUT2D eigenvalue weighted by Gasteiger charge is -2.05. The largest absolute Gasteiger partial charge is 0.465 e. The molecule has 2 rings (SSSR count).